The Morgan fingerprint density at radius 1 is 1.31 bits per heavy atom. The normalized spacial score (nSPS) is 18.2. The SMILES string of the molecule is CC(C)(C)NC(=O)NCCC1CCNCC1. The molecule has 16 heavy (non-hydrogen) atoms. The Labute approximate surface area is 98.6 Å². The van der Waals surface area contributed by atoms with Gasteiger partial charge in [0.25, 0.3) is 0 Å². The maximum atomic E-state index is 11.5. The molecule has 0 unspecified atom stereocenters. The monoisotopic (exact) mass is 227 g/mol. The third-order valence-corrected chi connectivity index (χ3v) is 2.79. The molecule has 1 aliphatic rings. The largest absolute Gasteiger partial charge is 0.338 e. The first kappa shape index (κ1) is 13.3. The highest BCUT2D eigenvalue weighted by Gasteiger charge is 2.15. The van der Waals surface area contributed by atoms with Crippen molar-refractivity contribution >= 4 is 6.03 Å². The molecule has 4 nitrogen and oxygen atoms in total. The van der Waals surface area contributed by atoms with Crippen LogP contribution in [0.4, 0.5) is 4.79 Å². The van der Waals surface area contributed by atoms with Crippen molar-refractivity contribution in [1.29, 1.82) is 0 Å². The quantitative estimate of drug-likeness (QED) is 0.684. The van der Waals surface area contributed by atoms with Gasteiger partial charge in [-0.2, -0.15) is 0 Å². The average molecular weight is 227 g/mol. The zero-order valence-electron chi connectivity index (χ0n) is 10.7. The van der Waals surface area contributed by atoms with Crippen LogP contribution in [-0.2, 0) is 0 Å². The smallest absolute Gasteiger partial charge is 0.315 e. The number of hydrogen-bond acceptors (Lipinski definition) is 2. The molecular weight excluding hydrogens is 202 g/mol. The van der Waals surface area contributed by atoms with E-state index in [1.54, 1.807) is 0 Å². The predicted molar refractivity (Wildman–Crippen MR) is 66.5 cm³/mol. The van der Waals surface area contributed by atoms with Crippen LogP contribution in [0.3, 0.4) is 0 Å². The van der Waals surface area contributed by atoms with Crippen molar-refractivity contribution in [3.8, 4) is 0 Å². The summed E-state index contributed by atoms with van der Waals surface area (Å²) >= 11 is 0. The standard InChI is InChI=1S/C12H25N3O/c1-12(2,3)15-11(16)14-9-6-10-4-7-13-8-5-10/h10,13H,4-9H2,1-3H3,(H2,14,15,16). The van der Waals surface area contributed by atoms with Crippen molar-refractivity contribution in [3.05, 3.63) is 0 Å². The van der Waals surface area contributed by atoms with Gasteiger partial charge in [0.05, 0.1) is 0 Å². The molecular formula is C12H25N3O. The number of rotatable bonds is 3. The van der Waals surface area contributed by atoms with E-state index in [1.807, 2.05) is 20.8 Å². The molecule has 3 N–H and O–H groups in total. The van der Waals surface area contributed by atoms with Crippen molar-refractivity contribution in [2.75, 3.05) is 19.6 Å². The Hall–Kier alpha value is -0.770. The summed E-state index contributed by atoms with van der Waals surface area (Å²) in [6.07, 6.45) is 3.57. The van der Waals surface area contributed by atoms with E-state index in [1.165, 1.54) is 12.8 Å². The third-order valence-electron chi connectivity index (χ3n) is 2.79. The number of piperidine rings is 1. The van der Waals surface area contributed by atoms with Gasteiger partial charge in [-0.3, -0.25) is 0 Å². The van der Waals surface area contributed by atoms with Gasteiger partial charge in [0.2, 0.25) is 0 Å². The molecule has 0 saturated carbocycles. The fourth-order valence-corrected chi connectivity index (χ4v) is 1.94. The van der Waals surface area contributed by atoms with Gasteiger partial charge in [-0.1, -0.05) is 0 Å². The molecule has 4 heteroatoms. The van der Waals surface area contributed by atoms with Gasteiger partial charge in [-0.25, -0.2) is 4.79 Å². The Morgan fingerprint density at radius 2 is 1.94 bits per heavy atom. The van der Waals surface area contributed by atoms with Gasteiger partial charge in [-0.05, 0) is 59.0 Å². The van der Waals surface area contributed by atoms with Crippen LogP contribution < -0.4 is 16.0 Å². The molecule has 0 radical (unpaired) electrons. The number of urea groups is 1. The lowest BCUT2D eigenvalue weighted by atomic mass is 9.95. The van der Waals surface area contributed by atoms with E-state index in [4.69, 9.17) is 0 Å². The predicted octanol–water partition coefficient (Wildman–Crippen LogP) is 1.47. The summed E-state index contributed by atoms with van der Waals surface area (Å²) in [5, 5.41) is 9.16. The Kier molecular flexibility index (Phi) is 5.06. The van der Waals surface area contributed by atoms with Crippen LogP contribution in [0, 0.1) is 5.92 Å². The number of carbonyl (C=O) groups excluding carboxylic acids is 1. The summed E-state index contributed by atoms with van der Waals surface area (Å²) in [4.78, 5) is 11.5. The maximum absolute atomic E-state index is 11.5. The Balaban J connectivity index is 2.08. The van der Waals surface area contributed by atoms with Crippen LogP contribution in [0.2, 0.25) is 0 Å². The minimum absolute atomic E-state index is 0.0542. The van der Waals surface area contributed by atoms with Crippen LogP contribution in [0.15, 0.2) is 0 Å². The van der Waals surface area contributed by atoms with Crippen molar-refractivity contribution in [2.45, 2.75) is 45.6 Å². The van der Waals surface area contributed by atoms with Gasteiger partial charge in [0, 0.05) is 12.1 Å². The molecule has 2 amide bonds. The van der Waals surface area contributed by atoms with Crippen LogP contribution in [-0.4, -0.2) is 31.2 Å². The topological polar surface area (TPSA) is 53.2 Å². The fraction of sp³-hybridized carbons (Fsp3) is 0.917. The van der Waals surface area contributed by atoms with E-state index < -0.39 is 0 Å². The van der Waals surface area contributed by atoms with Crippen LogP contribution >= 0.6 is 0 Å². The van der Waals surface area contributed by atoms with Gasteiger partial charge in [0.1, 0.15) is 0 Å². The van der Waals surface area contributed by atoms with E-state index in [9.17, 15) is 4.79 Å². The average Bonchev–Trinajstić information content (AvgIpc) is 2.16. The Bertz CT molecular complexity index is 217. The lowest BCUT2D eigenvalue weighted by Crippen LogP contribution is -2.46. The minimum atomic E-state index is -0.154. The lowest BCUT2D eigenvalue weighted by molar-refractivity contribution is 0.230. The zero-order chi connectivity index (χ0) is 12.0. The first-order chi connectivity index (χ1) is 7.47. The molecule has 1 saturated heterocycles. The molecule has 0 aliphatic carbocycles. The lowest BCUT2D eigenvalue weighted by Gasteiger charge is -2.24. The minimum Gasteiger partial charge on any atom is -0.338 e. The zero-order valence-corrected chi connectivity index (χ0v) is 10.7. The number of nitrogens with one attached hydrogen (secondary N) is 3. The van der Waals surface area contributed by atoms with Gasteiger partial charge < -0.3 is 16.0 Å². The molecule has 0 bridgehead atoms. The summed E-state index contributed by atoms with van der Waals surface area (Å²) in [5.41, 5.74) is -0.154. The molecule has 0 aromatic rings. The summed E-state index contributed by atoms with van der Waals surface area (Å²) < 4.78 is 0. The van der Waals surface area contributed by atoms with Crippen molar-refractivity contribution in [2.24, 2.45) is 5.92 Å². The highest BCUT2D eigenvalue weighted by Crippen LogP contribution is 2.14. The van der Waals surface area contributed by atoms with E-state index in [-0.39, 0.29) is 11.6 Å². The van der Waals surface area contributed by atoms with Gasteiger partial charge >= 0.3 is 6.03 Å². The van der Waals surface area contributed by atoms with Crippen molar-refractivity contribution in [1.82, 2.24) is 16.0 Å². The molecule has 0 atom stereocenters. The summed E-state index contributed by atoms with van der Waals surface area (Å²) in [6, 6.07) is -0.0542. The highest BCUT2D eigenvalue weighted by atomic mass is 16.2. The molecule has 0 spiro atoms. The molecule has 1 aliphatic heterocycles. The summed E-state index contributed by atoms with van der Waals surface area (Å²) in [6.45, 7) is 8.99. The molecule has 94 valence electrons. The molecule has 0 aromatic carbocycles. The molecule has 1 heterocycles. The highest BCUT2D eigenvalue weighted by molar-refractivity contribution is 5.74. The van der Waals surface area contributed by atoms with E-state index in [2.05, 4.69) is 16.0 Å². The van der Waals surface area contributed by atoms with Crippen LogP contribution in [0.5, 0.6) is 0 Å². The third kappa shape index (κ3) is 5.95. The first-order valence-corrected chi connectivity index (χ1v) is 6.24. The Morgan fingerprint density at radius 3 is 2.50 bits per heavy atom. The van der Waals surface area contributed by atoms with Gasteiger partial charge in [-0.15, -0.1) is 0 Å². The van der Waals surface area contributed by atoms with E-state index >= 15 is 0 Å². The first-order valence-electron chi connectivity index (χ1n) is 6.24. The second-order valence-corrected chi connectivity index (χ2v) is 5.61. The molecule has 1 fully saturated rings. The van der Waals surface area contributed by atoms with Crippen molar-refractivity contribution in [3.63, 3.8) is 0 Å². The second-order valence-electron chi connectivity index (χ2n) is 5.61. The summed E-state index contributed by atoms with van der Waals surface area (Å²) in [7, 11) is 0. The second kappa shape index (κ2) is 6.09. The van der Waals surface area contributed by atoms with Crippen molar-refractivity contribution < 1.29 is 4.79 Å². The molecule has 0 aromatic heterocycles. The number of hydrogen-bond donors (Lipinski definition) is 3. The van der Waals surface area contributed by atoms with Crippen LogP contribution in [0.1, 0.15) is 40.0 Å². The van der Waals surface area contributed by atoms with Gasteiger partial charge in [0.15, 0.2) is 0 Å². The number of amides is 2. The summed E-state index contributed by atoms with van der Waals surface area (Å²) in [5.74, 6) is 0.774. The molecule has 1 rings (SSSR count). The fourth-order valence-electron chi connectivity index (χ4n) is 1.94. The number of carbonyl (C=O) groups is 1. The maximum Gasteiger partial charge on any atom is 0.315 e. The van der Waals surface area contributed by atoms with E-state index in [0.29, 0.717) is 0 Å². The van der Waals surface area contributed by atoms with Crippen LogP contribution in [0.25, 0.3) is 0 Å². The van der Waals surface area contributed by atoms with E-state index in [0.717, 1.165) is 32.0 Å².